The first kappa shape index (κ1) is 39.4. The van der Waals surface area contributed by atoms with Gasteiger partial charge in [-0.15, -0.1) is 0 Å². The predicted octanol–water partition coefficient (Wildman–Crippen LogP) is 12.1. The predicted molar refractivity (Wildman–Crippen MR) is 176 cm³/mol. The van der Waals surface area contributed by atoms with Crippen LogP contribution in [0.5, 0.6) is 0 Å². The summed E-state index contributed by atoms with van der Waals surface area (Å²) in [5, 5.41) is 8.79. The van der Waals surface area contributed by atoms with Crippen LogP contribution in [0.25, 0.3) is 0 Å². The first-order chi connectivity index (χ1) is 20.1. The van der Waals surface area contributed by atoms with E-state index in [9.17, 15) is 9.59 Å². The normalized spacial score (nSPS) is 12.4. The molecular weight excluding hydrogens is 508 g/mol. The van der Waals surface area contributed by atoms with Gasteiger partial charge in [0.1, 0.15) is 6.10 Å². The van der Waals surface area contributed by atoms with E-state index in [0.29, 0.717) is 6.42 Å². The van der Waals surface area contributed by atoms with Gasteiger partial charge in [-0.05, 0) is 64.2 Å². The van der Waals surface area contributed by atoms with Crippen molar-refractivity contribution in [3.05, 3.63) is 24.3 Å². The molecule has 0 aromatic carbocycles. The molecule has 0 aromatic rings. The third kappa shape index (κ3) is 32.8. The van der Waals surface area contributed by atoms with Gasteiger partial charge in [0.25, 0.3) is 0 Å². The number of allylic oxidation sites excluding steroid dienone is 4. The lowest BCUT2D eigenvalue weighted by atomic mass is 10.0. The van der Waals surface area contributed by atoms with Gasteiger partial charge in [0.15, 0.2) is 0 Å². The summed E-state index contributed by atoms with van der Waals surface area (Å²) in [5.74, 6) is -0.728. The number of ether oxygens (including phenoxy) is 1. The van der Waals surface area contributed by atoms with E-state index in [2.05, 4.69) is 38.2 Å². The zero-order valence-electron chi connectivity index (χ0n) is 27.4. The maximum Gasteiger partial charge on any atom is 0.306 e. The zero-order valence-corrected chi connectivity index (χ0v) is 27.4. The van der Waals surface area contributed by atoms with E-state index in [-0.39, 0.29) is 18.5 Å². The van der Waals surface area contributed by atoms with Gasteiger partial charge in [-0.2, -0.15) is 0 Å². The molecular formula is C37H68O4. The van der Waals surface area contributed by atoms with Crippen LogP contribution in [0.1, 0.15) is 194 Å². The minimum atomic E-state index is -0.706. The van der Waals surface area contributed by atoms with Gasteiger partial charge in [-0.25, -0.2) is 0 Å². The maximum absolute atomic E-state index is 12.6. The highest BCUT2D eigenvalue weighted by atomic mass is 16.5. The molecule has 0 radical (unpaired) electrons. The Morgan fingerprint density at radius 2 is 0.976 bits per heavy atom. The molecule has 1 unspecified atom stereocenters. The van der Waals surface area contributed by atoms with Crippen molar-refractivity contribution >= 4 is 11.9 Å². The summed E-state index contributed by atoms with van der Waals surface area (Å²) >= 11 is 0. The maximum atomic E-state index is 12.6. The quantitative estimate of drug-likeness (QED) is 0.0491. The van der Waals surface area contributed by atoms with Crippen molar-refractivity contribution in [2.75, 3.05) is 0 Å². The fourth-order valence-corrected chi connectivity index (χ4v) is 5.28. The van der Waals surface area contributed by atoms with E-state index in [1.165, 1.54) is 89.9 Å². The van der Waals surface area contributed by atoms with Gasteiger partial charge in [0.05, 0.1) is 0 Å². The van der Waals surface area contributed by atoms with Gasteiger partial charge in [0.2, 0.25) is 0 Å². The van der Waals surface area contributed by atoms with Crippen molar-refractivity contribution in [1.82, 2.24) is 0 Å². The van der Waals surface area contributed by atoms with Crippen molar-refractivity contribution in [3.63, 3.8) is 0 Å². The molecule has 0 bridgehead atoms. The first-order valence-corrected chi connectivity index (χ1v) is 17.8. The van der Waals surface area contributed by atoms with Crippen LogP contribution >= 0.6 is 0 Å². The molecule has 1 N–H and O–H groups in total. The number of unbranched alkanes of at least 4 members (excludes halogenated alkanes) is 19. The van der Waals surface area contributed by atoms with Crippen LogP contribution in [0.3, 0.4) is 0 Å². The molecule has 0 spiro atoms. The molecule has 240 valence electrons. The van der Waals surface area contributed by atoms with Gasteiger partial charge >= 0.3 is 11.9 Å². The van der Waals surface area contributed by atoms with Crippen LogP contribution in [0.2, 0.25) is 0 Å². The molecule has 0 heterocycles. The molecule has 0 aliphatic carbocycles. The highest BCUT2D eigenvalue weighted by molar-refractivity contribution is 5.69. The molecule has 4 nitrogen and oxygen atoms in total. The molecule has 0 rings (SSSR count). The molecule has 4 heteroatoms. The topological polar surface area (TPSA) is 63.6 Å². The van der Waals surface area contributed by atoms with Crippen molar-refractivity contribution in [3.8, 4) is 0 Å². The Bertz CT molecular complexity index is 624. The van der Waals surface area contributed by atoms with Gasteiger partial charge < -0.3 is 9.84 Å². The monoisotopic (exact) mass is 577 g/mol. The Morgan fingerprint density at radius 3 is 1.54 bits per heavy atom. The molecule has 0 saturated carbocycles. The van der Waals surface area contributed by atoms with E-state index < -0.39 is 5.97 Å². The van der Waals surface area contributed by atoms with Crippen LogP contribution in [0.4, 0.5) is 0 Å². The average Bonchev–Trinajstić information content (AvgIpc) is 2.95. The molecule has 41 heavy (non-hydrogen) atoms. The minimum absolute atomic E-state index is 0.0191. The fraction of sp³-hybridized carbons (Fsp3) is 0.838. The summed E-state index contributed by atoms with van der Waals surface area (Å²) in [6.45, 7) is 4.52. The number of aliphatic carboxylic acids is 1. The lowest BCUT2D eigenvalue weighted by molar-refractivity contribution is -0.150. The van der Waals surface area contributed by atoms with Crippen LogP contribution in [-0.4, -0.2) is 23.1 Å². The number of carbonyl (C=O) groups excluding carboxylic acids is 1. The molecule has 0 fully saturated rings. The molecule has 0 saturated heterocycles. The lowest BCUT2D eigenvalue weighted by Gasteiger charge is -2.18. The zero-order chi connectivity index (χ0) is 30.1. The van der Waals surface area contributed by atoms with Gasteiger partial charge in [-0.1, -0.05) is 141 Å². The Kier molecular flexibility index (Phi) is 31.7. The average molecular weight is 577 g/mol. The van der Waals surface area contributed by atoms with Crippen LogP contribution in [0, 0.1) is 0 Å². The third-order valence-corrected chi connectivity index (χ3v) is 7.93. The van der Waals surface area contributed by atoms with Crippen LogP contribution < -0.4 is 0 Å². The second-order valence-electron chi connectivity index (χ2n) is 12.1. The van der Waals surface area contributed by atoms with Crippen molar-refractivity contribution in [2.45, 2.75) is 200 Å². The number of carboxylic acid groups (broad SMARTS) is 1. The van der Waals surface area contributed by atoms with Gasteiger partial charge in [-0.3, -0.25) is 9.59 Å². The van der Waals surface area contributed by atoms with E-state index >= 15 is 0 Å². The van der Waals surface area contributed by atoms with Crippen molar-refractivity contribution < 1.29 is 19.4 Å². The fourth-order valence-electron chi connectivity index (χ4n) is 5.28. The summed E-state index contributed by atoms with van der Waals surface area (Å²) < 4.78 is 5.95. The lowest BCUT2D eigenvalue weighted by Crippen LogP contribution is -2.18. The van der Waals surface area contributed by atoms with Crippen molar-refractivity contribution in [1.29, 1.82) is 0 Å². The molecule has 1 atom stereocenters. The van der Waals surface area contributed by atoms with E-state index in [1.807, 2.05) is 0 Å². The minimum Gasteiger partial charge on any atom is -0.481 e. The number of esters is 1. The second-order valence-corrected chi connectivity index (χ2v) is 12.1. The third-order valence-electron chi connectivity index (χ3n) is 7.93. The Labute approximate surface area is 255 Å². The first-order valence-electron chi connectivity index (χ1n) is 17.8. The summed E-state index contributed by atoms with van der Waals surface area (Å²) in [6, 6.07) is 0. The number of carboxylic acids is 1. The summed E-state index contributed by atoms with van der Waals surface area (Å²) in [6.07, 6.45) is 40.4. The van der Waals surface area contributed by atoms with Crippen LogP contribution in [0.15, 0.2) is 24.3 Å². The standard InChI is InChI=1S/C37H68O4/c1-3-5-7-9-11-13-15-16-17-18-20-23-27-31-35(32-28-24-22-25-29-33-36(38)39)41-37(40)34-30-26-21-19-14-12-10-8-6-4-2/h15-16,18,20,35H,3-14,17,19,21-34H2,1-2H3,(H,38,39)/b16-15-,20-18-. The highest BCUT2D eigenvalue weighted by Gasteiger charge is 2.14. The molecule has 0 aliphatic rings. The van der Waals surface area contributed by atoms with Crippen molar-refractivity contribution in [2.24, 2.45) is 0 Å². The van der Waals surface area contributed by atoms with E-state index in [1.54, 1.807) is 0 Å². The summed E-state index contributed by atoms with van der Waals surface area (Å²) in [4.78, 5) is 23.2. The Morgan fingerprint density at radius 1 is 0.537 bits per heavy atom. The Balaban J connectivity index is 4.16. The Hall–Kier alpha value is -1.58. The van der Waals surface area contributed by atoms with E-state index in [4.69, 9.17) is 9.84 Å². The largest absolute Gasteiger partial charge is 0.481 e. The smallest absolute Gasteiger partial charge is 0.306 e. The molecule has 0 aromatic heterocycles. The summed E-state index contributed by atoms with van der Waals surface area (Å²) in [7, 11) is 0. The number of carbonyl (C=O) groups is 2. The molecule has 0 aliphatic heterocycles. The number of hydrogen-bond acceptors (Lipinski definition) is 3. The second kappa shape index (κ2) is 32.9. The number of rotatable bonds is 32. The SMILES string of the molecule is CCCCCCC/C=C\C/C=C\CCCC(CCCCCCCC(=O)O)OC(=O)CCCCCCCCCCCC. The summed E-state index contributed by atoms with van der Waals surface area (Å²) in [5.41, 5.74) is 0. The number of hydrogen-bond donors (Lipinski definition) is 1. The highest BCUT2D eigenvalue weighted by Crippen LogP contribution is 2.18. The van der Waals surface area contributed by atoms with E-state index in [0.717, 1.165) is 77.0 Å². The van der Waals surface area contributed by atoms with Gasteiger partial charge in [0, 0.05) is 12.8 Å². The molecule has 0 amide bonds. The van der Waals surface area contributed by atoms with Crippen LogP contribution in [-0.2, 0) is 14.3 Å².